The van der Waals surface area contributed by atoms with Crippen LogP contribution >= 0.6 is 0 Å². The van der Waals surface area contributed by atoms with Gasteiger partial charge in [0.1, 0.15) is 5.82 Å². The summed E-state index contributed by atoms with van der Waals surface area (Å²) in [6, 6.07) is 0.303. The van der Waals surface area contributed by atoms with Crippen molar-refractivity contribution in [3.63, 3.8) is 0 Å². The zero-order chi connectivity index (χ0) is 20.6. The molecule has 0 unspecified atom stereocenters. The Hall–Kier alpha value is -1.88. The van der Waals surface area contributed by atoms with Gasteiger partial charge in [-0.1, -0.05) is 19.9 Å². The lowest BCUT2D eigenvalue weighted by Crippen LogP contribution is -2.59. The molecule has 4 aliphatic rings. The number of hydrogen-bond donors (Lipinski definition) is 2. The fourth-order valence-corrected chi connectivity index (χ4v) is 7.54. The number of imidazole rings is 1. The summed E-state index contributed by atoms with van der Waals surface area (Å²) in [7, 11) is 1.97. The molecule has 7 atom stereocenters. The largest absolute Gasteiger partial charge is 0.388 e. The molecule has 29 heavy (non-hydrogen) atoms. The van der Waals surface area contributed by atoms with Crippen LogP contribution in [0.5, 0.6) is 0 Å². The van der Waals surface area contributed by atoms with E-state index >= 15 is 0 Å². The fourth-order valence-electron chi connectivity index (χ4n) is 7.54. The van der Waals surface area contributed by atoms with Crippen molar-refractivity contribution in [2.75, 3.05) is 7.05 Å². The number of H-pyrrole nitrogens is 1. The van der Waals surface area contributed by atoms with E-state index in [2.05, 4.69) is 36.8 Å². The van der Waals surface area contributed by atoms with Gasteiger partial charge in [-0.15, -0.1) is 0 Å². The zero-order valence-corrected chi connectivity index (χ0v) is 18.0. The summed E-state index contributed by atoms with van der Waals surface area (Å²) in [5.41, 5.74) is 2.26. The van der Waals surface area contributed by atoms with E-state index in [0.717, 1.165) is 43.5 Å². The highest BCUT2D eigenvalue weighted by Gasteiger charge is 2.61. The highest BCUT2D eigenvalue weighted by molar-refractivity contribution is 5.89. The molecule has 1 aromatic heterocycles. The number of likely N-dealkylation sites (N-methyl/N-ethyl adjacent to an activating group) is 1. The number of amides is 1. The van der Waals surface area contributed by atoms with E-state index in [4.69, 9.17) is 0 Å². The first-order valence-electron chi connectivity index (χ1n) is 11.1. The van der Waals surface area contributed by atoms with Gasteiger partial charge in [-0.25, -0.2) is 4.98 Å². The van der Waals surface area contributed by atoms with E-state index in [-0.39, 0.29) is 16.7 Å². The van der Waals surface area contributed by atoms with Gasteiger partial charge in [0.2, 0.25) is 5.91 Å². The number of aliphatic hydroxyl groups excluding tert-OH is 1. The van der Waals surface area contributed by atoms with Crippen molar-refractivity contribution in [1.29, 1.82) is 0 Å². The van der Waals surface area contributed by atoms with Crippen LogP contribution in [0.2, 0.25) is 0 Å². The molecule has 2 N–H and O–H groups in total. The van der Waals surface area contributed by atoms with Gasteiger partial charge in [0.25, 0.3) is 0 Å². The normalized spacial score (nSPS) is 45.6. The van der Waals surface area contributed by atoms with Crippen LogP contribution in [-0.2, 0) is 4.79 Å². The Bertz CT molecular complexity index is 888. The van der Waals surface area contributed by atoms with Crippen LogP contribution in [0.25, 0.3) is 5.57 Å². The second-order valence-electron chi connectivity index (χ2n) is 10.4. The van der Waals surface area contributed by atoms with Crippen molar-refractivity contribution in [3.8, 4) is 0 Å². The average molecular weight is 396 g/mol. The molecule has 1 aromatic rings. The first kappa shape index (κ1) is 19.1. The molecule has 0 saturated heterocycles. The van der Waals surface area contributed by atoms with E-state index < -0.39 is 6.10 Å². The maximum absolute atomic E-state index is 12.2. The molecule has 0 aromatic carbocycles. The Kier molecular flexibility index (Phi) is 4.16. The molecular formula is C24H33N3O2. The van der Waals surface area contributed by atoms with Crippen LogP contribution in [0, 0.1) is 28.6 Å². The Balaban J connectivity index is 1.51. The predicted molar refractivity (Wildman–Crippen MR) is 113 cm³/mol. The maximum Gasteiger partial charge on any atom is 0.246 e. The molecule has 2 heterocycles. The molecular weight excluding hydrogens is 362 g/mol. The molecule has 1 aliphatic heterocycles. The maximum atomic E-state index is 12.2. The molecule has 0 spiro atoms. The average Bonchev–Trinajstić information content (AvgIpc) is 3.32. The minimum Gasteiger partial charge on any atom is -0.388 e. The molecule has 5 heteroatoms. The van der Waals surface area contributed by atoms with Crippen LogP contribution in [0.1, 0.15) is 58.7 Å². The number of hydrogen-bond acceptors (Lipinski definition) is 3. The van der Waals surface area contributed by atoms with E-state index in [9.17, 15) is 9.90 Å². The highest BCUT2D eigenvalue weighted by Crippen LogP contribution is 2.65. The van der Waals surface area contributed by atoms with Crippen LogP contribution in [0.15, 0.2) is 30.1 Å². The van der Waals surface area contributed by atoms with Crippen LogP contribution in [-0.4, -0.2) is 45.1 Å². The number of allylic oxidation sites excluding steroid dienone is 1. The lowest BCUT2D eigenvalue weighted by Gasteiger charge is -2.59. The summed E-state index contributed by atoms with van der Waals surface area (Å²) in [5.74, 6) is 2.68. The SMILES string of the molecule is CC(=C1C[C@H]2[C@@H]3CC[C@H]4N(C)C(=O)C=C[C@]4(C)[C@H]3CC[C@]2(C)[C@H]1O)c1ncc[nH]1. The molecule has 5 rings (SSSR count). The van der Waals surface area contributed by atoms with Gasteiger partial charge in [-0.3, -0.25) is 4.79 Å². The third-order valence-corrected chi connectivity index (χ3v) is 9.29. The highest BCUT2D eigenvalue weighted by atomic mass is 16.3. The van der Waals surface area contributed by atoms with Gasteiger partial charge < -0.3 is 15.0 Å². The molecule has 5 nitrogen and oxygen atoms in total. The fraction of sp³-hybridized carbons (Fsp3) is 0.667. The van der Waals surface area contributed by atoms with Gasteiger partial charge in [-0.05, 0) is 74.0 Å². The van der Waals surface area contributed by atoms with Crippen LogP contribution < -0.4 is 0 Å². The minimum atomic E-state index is -0.393. The number of carbonyl (C=O) groups excluding carboxylic acids is 1. The van der Waals surface area contributed by atoms with Gasteiger partial charge in [0.05, 0.1) is 6.10 Å². The minimum absolute atomic E-state index is 0.0420. The van der Waals surface area contributed by atoms with Gasteiger partial charge >= 0.3 is 0 Å². The zero-order valence-electron chi connectivity index (χ0n) is 18.0. The number of aromatic nitrogens is 2. The Labute approximate surface area is 173 Å². The van der Waals surface area contributed by atoms with Crippen molar-refractivity contribution >= 4 is 11.5 Å². The summed E-state index contributed by atoms with van der Waals surface area (Å²) in [5, 5.41) is 11.4. The van der Waals surface area contributed by atoms with E-state index in [1.54, 1.807) is 12.3 Å². The van der Waals surface area contributed by atoms with Crippen LogP contribution in [0.4, 0.5) is 0 Å². The number of aliphatic hydroxyl groups is 1. The molecule has 0 bridgehead atoms. The second kappa shape index (κ2) is 6.31. The monoisotopic (exact) mass is 395 g/mol. The van der Waals surface area contributed by atoms with Crippen molar-refractivity contribution in [2.45, 2.75) is 65.0 Å². The van der Waals surface area contributed by atoms with E-state index in [1.165, 1.54) is 5.57 Å². The number of nitrogens with zero attached hydrogens (tertiary/aromatic N) is 2. The summed E-state index contributed by atoms with van der Waals surface area (Å²) in [6.07, 6.45) is 12.6. The van der Waals surface area contributed by atoms with Crippen molar-refractivity contribution in [1.82, 2.24) is 14.9 Å². The van der Waals surface area contributed by atoms with E-state index in [0.29, 0.717) is 23.8 Å². The lowest BCUT2D eigenvalue weighted by molar-refractivity contribution is -0.140. The predicted octanol–water partition coefficient (Wildman–Crippen LogP) is 3.79. The summed E-state index contributed by atoms with van der Waals surface area (Å²) >= 11 is 0. The summed E-state index contributed by atoms with van der Waals surface area (Å²) in [4.78, 5) is 21.9. The van der Waals surface area contributed by atoms with Gasteiger partial charge in [-0.2, -0.15) is 0 Å². The van der Waals surface area contributed by atoms with Crippen molar-refractivity contribution in [3.05, 3.63) is 35.9 Å². The number of nitrogens with one attached hydrogen (secondary N) is 1. The van der Waals surface area contributed by atoms with E-state index in [1.807, 2.05) is 18.1 Å². The quantitative estimate of drug-likeness (QED) is 0.760. The summed E-state index contributed by atoms with van der Waals surface area (Å²) in [6.45, 7) is 6.77. The van der Waals surface area contributed by atoms with Gasteiger partial charge in [0.15, 0.2) is 0 Å². The first-order chi connectivity index (χ1) is 13.8. The molecule has 3 fully saturated rings. The smallest absolute Gasteiger partial charge is 0.246 e. The molecule has 3 aliphatic carbocycles. The number of carbonyl (C=O) groups is 1. The third kappa shape index (κ3) is 2.49. The summed E-state index contributed by atoms with van der Waals surface area (Å²) < 4.78 is 0. The Morgan fingerprint density at radius 2 is 2.07 bits per heavy atom. The second-order valence-corrected chi connectivity index (χ2v) is 10.4. The number of rotatable bonds is 1. The third-order valence-electron chi connectivity index (χ3n) is 9.29. The molecule has 156 valence electrons. The number of fused-ring (bicyclic) bond motifs is 5. The molecule has 0 radical (unpaired) electrons. The molecule has 3 saturated carbocycles. The lowest BCUT2D eigenvalue weighted by atomic mass is 9.48. The number of aromatic amines is 1. The van der Waals surface area contributed by atoms with Crippen molar-refractivity contribution in [2.24, 2.45) is 28.6 Å². The Morgan fingerprint density at radius 3 is 2.79 bits per heavy atom. The van der Waals surface area contributed by atoms with Crippen LogP contribution in [0.3, 0.4) is 0 Å². The van der Waals surface area contributed by atoms with Crippen molar-refractivity contribution < 1.29 is 9.90 Å². The Morgan fingerprint density at radius 1 is 1.28 bits per heavy atom. The first-order valence-corrected chi connectivity index (χ1v) is 11.1. The topological polar surface area (TPSA) is 69.2 Å². The van der Waals surface area contributed by atoms with Gasteiger partial charge in [0, 0.05) is 36.3 Å². The molecule has 1 amide bonds. The standard InChI is InChI=1S/C24H33N3O2/c1-14(22-25-11-12-26-22)16-13-18-15-5-6-19-23(2,10-8-20(28)27(19)4)17(15)7-9-24(18,3)21(16)29/h8,10-12,15,17-19,21,29H,5-7,9,13H2,1-4H3,(H,25,26)/t15-,17+,18+,19-,21+,23-,24+/m1/s1.